The average Bonchev–Trinajstić information content (AvgIpc) is 3.35. The molecule has 0 radical (unpaired) electrons. The molecular formula is C22H26N6O2. The molecule has 8 heteroatoms. The zero-order valence-electron chi connectivity index (χ0n) is 17.0. The van der Waals surface area contributed by atoms with Crippen molar-refractivity contribution in [3.8, 4) is 0 Å². The molecule has 0 atom stereocenters. The molecule has 0 spiro atoms. The molecule has 2 heterocycles. The molecule has 2 N–H and O–H groups in total. The predicted molar refractivity (Wildman–Crippen MR) is 114 cm³/mol. The summed E-state index contributed by atoms with van der Waals surface area (Å²) in [6.07, 6.45) is 8.61. The number of aromatic nitrogens is 4. The summed E-state index contributed by atoms with van der Waals surface area (Å²) in [5, 5.41) is 14.3. The molecule has 2 amide bonds. The fourth-order valence-electron chi connectivity index (χ4n) is 3.77. The lowest BCUT2D eigenvalue weighted by Crippen LogP contribution is -2.25. The highest BCUT2D eigenvalue weighted by molar-refractivity contribution is 6.03. The molecule has 1 aromatic carbocycles. The van der Waals surface area contributed by atoms with Crippen LogP contribution >= 0.6 is 0 Å². The standard InChI is InChI=1S/C22H26N6O2/c1-27-20(25-21(29)17-10-6-3-7-11-17)12-19(26-27)22(30)24-18-13-23-28(15-18)14-16-8-4-2-5-9-16/h2,4-5,8-9,12-13,15,17H,3,6-7,10-11,14H2,1H3,(H,24,30)(H,25,29). The summed E-state index contributed by atoms with van der Waals surface area (Å²) in [6, 6.07) is 11.6. The number of hydrogen-bond donors (Lipinski definition) is 2. The first kappa shape index (κ1) is 19.9. The third kappa shape index (κ3) is 4.76. The molecule has 1 aliphatic carbocycles. The number of anilines is 2. The van der Waals surface area contributed by atoms with Crippen molar-refractivity contribution in [2.24, 2.45) is 13.0 Å². The van der Waals surface area contributed by atoms with Gasteiger partial charge in [-0.05, 0) is 18.4 Å². The molecule has 8 nitrogen and oxygen atoms in total. The molecule has 0 aliphatic heterocycles. The maximum atomic E-state index is 12.6. The Morgan fingerprint density at radius 1 is 1.10 bits per heavy atom. The smallest absolute Gasteiger partial charge is 0.276 e. The second-order valence-electron chi connectivity index (χ2n) is 7.73. The van der Waals surface area contributed by atoms with Crippen molar-refractivity contribution in [2.75, 3.05) is 10.6 Å². The van der Waals surface area contributed by atoms with Gasteiger partial charge in [0.15, 0.2) is 5.69 Å². The van der Waals surface area contributed by atoms with Gasteiger partial charge in [-0.1, -0.05) is 49.6 Å². The molecule has 156 valence electrons. The van der Waals surface area contributed by atoms with E-state index >= 15 is 0 Å². The van der Waals surface area contributed by atoms with Gasteiger partial charge in [-0.15, -0.1) is 0 Å². The third-order valence-electron chi connectivity index (χ3n) is 5.42. The van der Waals surface area contributed by atoms with Gasteiger partial charge >= 0.3 is 0 Å². The van der Waals surface area contributed by atoms with Crippen LogP contribution in [0.1, 0.15) is 48.2 Å². The van der Waals surface area contributed by atoms with Gasteiger partial charge in [-0.2, -0.15) is 10.2 Å². The van der Waals surface area contributed by atoms with Crippen LogP contribution in [-0.4, -0.2) is 31.4 Å². The van der Waals surface area contributed by atoms with Crippen molar-refractivity contribution in [3.05, 3.63) is 60.0 Å². The Bertz CT molecular complexity index is 1020. The van der Waals surface area contributed by atoms with E-state index in [4.69, 9.17) is 0 Å². The number of nitrogens with zero attached hydrogens (tertiary/aromatic N) is 4. The van der Waals surface area contributed by atoms with E-state index in [0.717, 1.165) is 31.2 Å². The van der Waals surface area contributed by atoms with Crippen molar-refractivity contribution in [2.45, 2.75) is 38.6 Å². The van der Waals surface area contributed by atoms with Crippen molar-refractivity contribution in [3.63, 3.8) is 0 Å². The van der Waals surface area contributed by atoms with Crippen molar-refractivity contribution in [1.82, 2.24) is 19.6 Å². The second kappa shape index (κ2) is 8.94. The van der Waals surface area contributed by atoms with Crippen LogP contribution in [0.5, 0.6) is 0 Å². The number of hydrogen-bond acceptors (Lipinski definition) is 4. The van der Waals surface area contributed by atoms with Gasteiger partial charge in [0.25, 0.3) is 5.91 Å². The highest BCUT2D eigenvalue weighted by atomic mass is 16.2. The molecule has 1 aliphatic rings. The number of aryl methyl sites for hydroxylation is 1. The maximum absolute atomic E-state index is 12.6. The van der Waals surface area contributed by atoms with Crippen LogP contribution in [0.25, 0.3) is 0 Å². The minimum absolute atomic E-state index is 0.00634. The number of amides is 2. The molecule has 0 bridgehead atoms. The van der Waals surface area contributed by atoms with Crippen LogP contribution in [0, 0.1) is 5.92 Å². The largest absolute Gasteiger partial charge is 0.318 e. The topological polar surface area (TPSA) is 93.8 Å². The summed E-state index contributed by atoms with van der Waals surface area (Å²) in [5.41, 5.74) is 1.96. The summed E-state index contributed by atoms with van der Waals surface area (Å²) in [6.45, 7) is 0.623. The first-order valence-electron chi connectivity index (χ1n) is 10.3. The molecule has 30 heavy (non-hydrogen) atoms. The van der Waals surface area contributed by atoms with E-state index in [1.165, 1.54) is 11.1 Å². The molecular weight excluding hydrogens is 380 g/mol. The summed E-state index contributed by atoms with van der Waals surface area (Å²) in [5.74, 6) is 0.228. The van der Waals surface area contributed by atoms with Gasteiger partial charge in [0, 0.05) is 25.2 Å². The van der Waals surface area contributed by atoms with E-state index < -0.39 is 0 Å². The van der Waals surface area contributed by atoms with Crippen molar-refractivity contribution < 1.29 is 9.59 Å². The SMILES string of the molecule is Cn1nc(C(=O)Nc2cnn(Cc3ccccc3)c2)cc1NC(=O)C1CCCCC1. The van der Waals surface area contributed by atoms with Crippen molar-refractivity contribution >= 4 is 23.3 Å². The van der Waals surface area contributed by atoms with E-state index in [-0.39, 0.29) is 23.4 Å². The van der Waals surface area contributed by atoms with Crippen LogP contribution in [0.2, 0.25) is 0 Å². The van der Waals surface area contributed by atoms with Crippen molar-refractivity contribution in [1.29, 1.82) is 0 Å². The highest BCUT2D eigenvalue weighted by Crippen LogP contribution is 2.25. The quantitative estimate of drug-likeness (QED) is 0.656. The number of benzene rings is 1. The third-order valence-corrected chi connectivity index (χ3v) is 5.42. The van der Waals surface area contributed by atoms with Gasteiger partial charge in [-0.3, -0.25) is 19.0 Å². The molecule has 2 aromatic heterocycles. The minimum Gasteiger partial charge on any atom is -0.318 e. The molecule has 0 unspecified atom stereocenters. The minimum atomic E-state index is -0.344. The van der Waals surface area contributed by atoms with E-state index in [2.05, 4.69) is 20.8 Å². The van der Waals surface area contributed by atoms with Crippen LogP contribution in [-0.2, 0) is 18.4 Å². The summed E-state index contributed by atoms with van der Waals surface area (Å²) < 4.78 is 3.29. The molecule has 3 aromatic rings. The Labute approximate surface area is 175 Å². The van der Waals surface area contributed by atoms with Gasteiger partial charge < -0.3 is 10.6 Å². The summed E-state index contributed by atoms with van der Waals surface area (Å²) in [7, 11) is 1.71. The number of carbonyl (C=O) groups excluding carboxylic acids is 2. The zero-order valence-corrected chi connectivity index (χ0v) is 17.0. The summed E-state index contributed by atoms with van der Waals surface area (Å²) >= 11 is 0. The Morgan fingerprint density at radius 3 is 2.63 bits per heavy atom. The van der Waals surface area contributed by atoms with Gasteiger partial charge in [0.2, 0.25) is 5.91 Å². The fourth-order valence-corrected chi connectivity index (χ4v) is 3.77. The Balaban J connectivity index is 1.37. The van der Waals surface area contributed by atoms with E-state index in [1.807, 2.05) is 30.3 Å². The van der Waals surface area contributed by atoms with Gasteiger partial charge in [0.1, 0.15) is 5.82 Å². The zero-order chi connectivity index (χ0) is 20.9. The van der Waals surface area contributed by atoms with E-state index in [1.54, 1.807) is 30.2 Å². The number of rotatable bonds is 6. The Kier molecular flexibility index (Phi) is 5.92. The molecule has 4 rings (SSSR count). The molecule has 1 fully saturated rings. The average molecular weight is 406 g/mol. The van der Waals surface area contributed by atoms with E-state index in [0.29, 0.717) is 18.1 Å². The van der Waals surface area contributed by atoms with Crippen LogP contribution in [0.15, 0.2) is 48.8 Å². The van der Waals surface area contributed by atoms with Crippen LogP contribution < -0.4 is 10.6 Å². The lowest BCUT2D eigenvalue weighted by molar-refractivity contribution is -0.120. The lowest BCUT2D eigenvalue weighted by Gasteiger charge is -2.20. The Hall–Kier alpha value is -3.42. The highest BCUT2D eigenvalue weighted by Gasteiger charge is 2.23. The van der Waals surface area contributed by atoms with Gasteiger partial charge in [-0.25, -0.2) is 0 Å². The van der Waals surface area contributed by atoms with E-state index in [9.17, 15) is 9.59 Å². The number of nitrogens with one attached hydrogen (secondary N) is 2. The first-order valence-corrected chi connectivity index (χ1v) is 10.3. The van der Waals surface area contributed by atoms with Gasteiger partial charge in [0.05, 0.1) is 18.4 Å². The second-order valence-corrected chi connectivity index (χ2v) is 7.73. The van der Waals surface area contributed by atoms with Crippen LogP contribution in [0.3, 0.4) is 0 Å². The maximum Gasteiger partial charge on any atom is 0.276 e. The monoisotopic (exact) mass is 406 g/mol. The number of carbonyl (C=O) groups is 2. The fraction of sp³-hybridized carbons (Fsp3) is 0.364. The molecule has 0 saturated heterocycles. The Morgan fingerprint density at radius 2 is 1.87 bits per heavy atom. The summed E-state index contributed by atoms with van der Waals surface area (Å²) in [4.78, 5) is 25.1. The van der Waals surface area contributed by atoms with Crippen LogP contribution in [0.4, 0.5) is 11.5 Å². The predicted octanol–water partition coefficient (Wildman–Crippen LogP) is 3.44. The molecule has 1 saturated carbocycles. The first-order chi connectivity index (χ1) is 14.6. The normalized spacial score (nSPS) is 14.4. The lowest BCUT2D eigenvalue weighted by atomic mass is 9.89.